The number of aromatic hydroxyl groups is 1. The van der Waals surface area contributed by atoms with Gasteiger partial charge in [-0.05, 0) is 41.8 Å². The highest BCUT2D eigenvalue weighted by Crippen LogP contribution is 2.30. The summed E-state index contributed by atoms with van der Waals surface area (Å²) in [5, 5.41) is 10.4. The second-order valence-corrected chi connectivity index (χ2v) is 5.39. The highest BCUT2D eigenvalue weighted by Gasteiger charge is 2.16. The van der Waals surface area contributed by atoms with E-state index in [2.05, 4.69) is 4.98 Å². The number of primary amides is 1. The van der Waals surface area contributed by atoms with E-state index >= 15 is 0 Å². The van der Waals surface area contributed by atoms with Crippen LogP contribution in [-0.4, -0.2) is 22.3 Å². The van der Waals surface area contributed by atoms with Crippen LogP contribution in [0.5, 0.6) is 5.75 Å². The number of pyridine rings is 1. The molecule has 0 saturated carbocycles. The van der Waals surface area contributed by atoms with Crippen molar-refractivity contribution >= 4 is 23.1 Å². The molecule has 0 atom stereocenters. The highest BCUT2D eigenvalue weighted by molar-refractivity contribution is 6.09. The molecule has 24 heavy (non-hydrogen) atoms. The number of amides is 1. The van der Waals surface area contributed by atoms with E-state index in [1.165, 1.54) is 24.4 Å². The molecule has 1 amide bonds. The molecular weight excluding hydrogens is 311 g/mol. The standard InChI is InChI=1S/C18H13FN2O3/c19-13-3-1-10(2-4-13)5-11-6-14-15(18(20)24)7-12(9-22)17(23)16(14)21-8-11/h1-4,6-9,23H,5H2,(H2,20,24). The lowest BCUT2D eigenvalue weighted by Crippen LogP contribution is -2.12. The van der Waals surface area contributed by atoms with E-state index in [9.17, 15) is 19.1 Å². The first-order valence-corrected chi connectivity index (χ1v) is 7.13. The number of hydrogen-bond acceptors (Lipinski definition) is 4. The lowest BCUT2D eigenvalue weighted by atomic mass is 9.99. The summed E-state index contributed by atoms with van der Waals surface area (Å²) in [6.07, 6.45) is 2.44. The van der Waals surface area contributed by atoms with Crippen molar-refractivity contribution < 1.29 is 19.1 Å². The number of hydrogen-bond donors (Lipinski definition) is 2. The molecular formula is C18H13FN2O3. The molecule has 3 N–H and O–H groups in total. The van der Waals surface area contributed by atoms with Gasteiger partial charge in [0.1, 0.15) is 11.3 Å². The van der Waals surface area contributed by atoms with Crippen LogP contribution in [0.1, 0.15) is 31.8 Å². The first kappa shape index (κ1) is 15.6. The molecule has 0 bridgehead atoms. The summed E-state index contributed by atoms with van der Waals surface area (Å²) in [6.45, 7) is 0. The van der Waals surface area contributed by atoms with Crippen LogP contribution >= 0.6 is 0 Å². The Balaban J connectivity index is 2.12. The van der Waals surface area contributed by atoms with Crippen LogP contribution in [0.2, 0.25) is 0 Å². The van der Waals surface area contributed by atoms with Crippen LogP contribution in [0.15, 0.2) is 42.6 Å². The van der Waals surface area contributed by atoms with Gasteiger partial charge >= 0.3 is 0 Å². The number of rotatable bonds is 4. The smallest absolute Gasteiger partial charge is 0.249 e. The third-order valence-electron chi connectivity index (χ3n) is 3.75. The maximum atomic E-state index is 13.0. The van der Waals surface area contributed by atoms with Gasteiger partial charge in [-0.3, -0.25) is 14.6 Å². The van der Waals surface area contributed by atoms with E-state index in [0.29, 0.717) is 18.1 Å². The van der Waals surface area contributed by atoms with E-state index < -0.39 is 5.91 Å². The average Bonchev–Trinajstić information content (AvgIpc) is 2.57. The number of aldehydes is 1. The SMILES string of the molecule is NC(=O)c1cc(C=O)c(O)c2ncc(Cc3ccc(F)cc3)cc12. The normalized spacial score (nSPS) is 10.7. The fourth-order valence-corrected chi connectivity index (χ4v) is 2.57. The monoisotopic (exact) mass is 324 g/mol. The number of nitrogens with two attached hydrogens (primary N) is 1. The number of fused-ring (bicyclic) bond motifs is 1. The second-order valence-electron chi connectivity index (χ2n) is 5.39. The largest absolute Gasteiger partial charge is 0.505 e. The number of phenolic OH excluding ortho intramolecular Hbond substituents is 1. The van der Waals surface area contributed by atoms with E-state index in [1.807, 2.05) is 0 Å². The Morgan fingerprint density at radius 1 is 1.21 bits per heavy atom. The molecule has 0 aliphatic rings. The average molecular weight is 324 g/mol. The number of nitrogens with zero attached hydrogens (tertiary/aromatic N) is 1. The van der Waals surface area contributed by atoms with Gasteiger partial charge in [-0.2, -0.15) is 0 Å². The number of carbonyl (C=O) groups excluding carboxylic acids is 2. The van der Waals surface area contributed by atoms with Gasteiger partial charge in [-0.25, -0.2) is 4.39 Å². The Bertz CT molecular complexity index is 953. The minimum Gasteiger partial charge on any atom is -0.505 e. The molecule has 0 fully saturated rings. The third-order valence-corrected chi connectivity index (χ3v) is 3.75. The van der Waals surface area contributed by atoms with E-state index in [0.717, 1.165) is 11.1 Å². The van der Waals surface area contributed by atoms with Gasteiger partial charge in [0.05, 0.1) is 5.56 Å². The fourth-order valence-electron chi connectivity index (χ4n) is 2.57. The van der Waals surface area contributed by atoms with Gasteiger partial charge < -0.3 is 10.8 Å². The van der Waals surface area contributed by atoms with Crippen LogP contribution in [-0.2, 0) is 6.42 Å². The summed E-state index contributed by atoms with van der Waals surface area (Å²) < 4.78 is 13.0. The van der Waals surface area contributed by atoms with Crippen LogP contribution in [0.4, 0.5) is 4.39 Å². The van der Waals surface area contributed by atoms with Gasteiger partial charge in [0.25, 0.3) is 0 Å². The lowest BCUT2D eigenvalue weighted by molar-refractivity contribution is 0.100. The number of benzene rings is 2. The molecule has 0 spiro atoms. The van der Waals surface area contributed by atoms with Crippen LogP contribution < -0.4 is 5.73 Å². The number of halogens is 1. The maximum absolute atomic E-state index is 13.0. The van der Waals surface area contributed by atoms with E-state index in [1.54, 1.807) is 18.2 Å². The Kier molecular flexibility index (Phi) is 3.95. The summed E-state index contributed by atoms with van der Waals surface area (Å²) in [4.78, 5) is 26.8. The van der Waals surface area contributed by atoms with Crippen molar-refractivity contribution in [1.82, 2.24) is 4.98 Å². The van der Waals surface area contributed by atoms with Crippen molar-refractivity contribution in [3.8, 4) is 5.75 Å². The molecule has 1 aromatic heterocycles. The Morgan fingerprint density at radius 2 is 1.92 bits per heavy atom. The van der Waals surface area contributed by atoms with Crippen LogP contribution in [0, 0.1) is 5.82 Å². The van der Waals surface area contributed by atoms with Gasteiger partial charge in [-0.15, -0.1) is 0 Å². The summed E-state index contributed by atoms with van der Waals surface area (Å²) in [5.74, 6) is -1.33. The molecule has 3 rings (SSSR count). The molecule has 5 nitrogen and oxygen atoms in total. The van der Waals surface area contributed by atoms with Crippen molar-refractivity contribution in [2.24, 2.45) is 5.73 Å². The molecule has 6 heteroatoms. The van der Waals surface area contributed by atoms with Crippen molar-refractivity contribution in [3.05, 3.63) is 70.7 Å². The molecule has 0 aliphatic heterocycles. The van der Waals surface area contributed by atoms with Gasteiger partial charge in [0.2, 0.25) is 5.91 Å². The van der Waals surface area contributed by atoms with E-state index in [-0.39, 0.29) is 28.2 Å². The number of aromatic nitrogens is 1. The zero-order chi connectivity index (χ0) is 17.3. The van der Waals surface area contributed by atoms with E-state index in [4.69, 9.17) is 5.73 Å². The molecule has 0 unspecified atom stereocenters. The summed E-state index contributed by atoms with van der Waals surface area (Å²) in [6, 6.07) is 8.96. The number of phenols is 1. The second kappa shape index (κ2) is 6.08. The first-order valence-electron chi connectivity index (χ1n) is 7.13. The predicted octanol–water partition coefficient (Wildman–Crippen LogP) is 2.58. The topological polar surface area (TPSA) is 93.3 Å². The lowest BCUT2D eigenvalue weighted by Gasteiger charge is -2.09. The molecule has 3 aromatic rings. The van der Waals surface area contributed by atoms with Crippen molar-refractivity contribution in [1.29, 1.82) is 0 Å². The Hall–Kier alpha value is -3.28. The molecule has 0 aliphatic carbocycles. The molecule has 1 heterocycles. The van der Waals surface area contributed by atoms with Gasteiger partial charge in [-0.1, -0.05) is 12.1 Å². The molecule has 0 saturated heterocycles. The summed E-state index contributed by atoms with van der Waals surface area (Å²) in [5.41, 5.74) is 7.19. The highest BCUT2D eigenvalue weighted by atomic mass is 19.1. The van der Waals surface area contributed by atoms with Crippen LogP contribution in [0.25, 0.3) is 10.9 Å². The predicted molar refractivity (Wildman–Crippen MR) is 86.5 cm³/mol. The summed E-state index contributed by atoms with van der Waals surface area (Å²) >= 11 is 0. The molecule has 0 radical (unpaired) electrons. The van der Waals surface area contributed by atoms with Gasteiger partial charge in [0, 0.05) is 17.1 Å². The minimum absolute atomic E-state index is 0.0462. The zero-order valence-electron chi connectivity index (χ0n) is 12.5. The van der Waals surface area contributed by atoms with Gasteiger partial charge in [0.15, 0.2) is 12.0 Å². The molecule has 2 aromatic carbocycles. The first-order chi connectivity index (χ1) is 11.5. The van der Waals surface area contributed by atoms with Crippen LogP contribution in [0.3, 0.4) is 0 Å². The number of carbonyl (C=O) groups is 2. The van der Waals surface area contributed by atoms with Crippen molar-refractivity contribution in [2.75, 3.05) is 0 Å². The quantitative estimate of drug-likeness (QED) is 0.721. The zero-order valence-corrected chi connectivity index (χ0v) is 12.5. The fraction of sp³-hybridized carbons (Fsp3) is 0.0556. The molecule has 120 valence electrons. The van der Waals surface area contributed by atoms with Crippen molar-refractivity contribution in [3.63, 3.8) is 0 Å². The maximum Gasteiger partial charge on any atom is 0.249 e. The van der Waals surface area contributed by atoms with Crippen molar-refractivity contribution in [2.45, 2.75) is 6.42 Å². The Morgan fingerprint density at radius 3 is 2.54 bits per heavy atom. The summed E-state index contributed by atoms with van der Waals surface area (Å²) in [7, 11) is 0. The Labute approximate surface area is 136 Å². The minimum atomic E-state index is -0.719. The third kappa shape index (κ3) is 2.81.